The largest absolute Gasteiger partial charge is 0.756 e. The highest BCUT2D eigenvalue weighted by Crippen LogP contribution is 2.62. The average Bonchev–Trinajstić information content (AvgIpc) is 4.13. The first kappa shape index (κ1) is 58.0. The van der Waals surface area contributed by atoms with Crippen LogP contribution in [0.2, 0.25) is 0 Å². The van der Waals surface area contributed by atoms with Crippen molar-refractivity contribution in [2.45, 2.75) is 73.9 Å². The Morgan fingerprint density at radius 1 is 0.883 bits per heavy atom. The SMILES string of the molecule is CO[C@@H]1[C@H](OP(=O)([O-])OC[C@H]2O[C@@H](n3ccc(=O)[nH]c3=O)[C@H](O)[C@@H]2O)[C@@H](COP(=O)(O)OP(=O)(O)NP(=O)(O)OC[C@H]2O[C@@H]([n+]3cn(C)c4c(=O)[nH]c(N)nc43)[C@H](O)[C@@H]2CC(=O)N(C)C)O[C@H]1n1cnc2c(N)ncnc21. The summed E-state index contributed by atoms with van der Waals surface area (Å²) in [7, 11) is -17.9. The molecule has 42 heteroatoms. The summed E-state index contributed by atoms with van der Waals surface area (Å²) < 4.78 is 105. The molecule has 8 rings (SSSR count). The molecule has 0 aliphatic carbocycles. The van der Waals surface area contributed by atoms with Crippen molar-refractivity contribution in [2.24, 2.45) is 13.0 Å². The standard InChI is InChI=1S/C35H50N14O24P4/c1-45(2)19(51)7-14-15(69-31(22(14)52)49-13-46(3)21-29(49)42-34(37)43-30(21)55)8-66-74(57,58)44-75(59,60)73-77(63,64)68-10-17-25(26(65-4)33(71-17)48-12-40-20-27(36)38-11-39-28(20)48)72-76(61,62)67-9-16-23(53)24(54)32(70-16)47-6-5-18(50)41-35(47)56/h5-6,11-17,22-26,31-33,52-54H,7-10H2,1-4H3,(H10-,36,37,38,39,41,42,43,44,50,55,56,57,58,59,60,61,62,63,64)/t14-,15-,16-,17-,22-,23-,24-,25-,26-,31-,32-,33-/m1/s1. The van der Waals surface area contributed by atoms with E-state index in [0.29, 0.717) is 4.57 Å². The highest BCUT2D eigenvalue weighted by atomic mass is 31.3. The van der Waals surface area contributed by atoms with E-state index < -0.39 is 154 Å². The summed E-state index contributed by atoms with van der Waals surface area (Å²) >= 11 is 0. The van der Waals surface area contributed by atoms with Crippen molar-refractivity contribution in [1.29, 1.82) is 0 Å². The van der Waals surface area contributed by atoms with Gasteiger partial charge in [0.1, 0.15) is 54.6 Å². The molecule has 0 saturated carbocycles. The lowest BCUT2D eigenvalue weighted by Crippen LogP contribution is -2.45. The van der Waals surface area contributed by atoms with Gasteiger partial charge in [0.05, 0.1) is 39.3 Å². The van der Waals surface area contributed by atoms with Gasteiger partial charge in [0.15, 0.2) is 30.2 Å². The Morgan fingerprint density at radius 3 is 2.26 bits per heavy atom. The van der Waals surface area contributed by atoms with Crippen LogP contribution in [0, 0.1) is 5.92 Å². The minimum atomic E-state index is -6.00. The summed E-state index contributed by atoms with van der Waals surface area (Å²) in [4.78, 5) is 118. The maximum absolute atomic E-state index is 13.5. The Balaban J connectivity index is 0.951. The number of ether oxygens (including phenoxy) is 4. The molecule has 8 heterocycles. The molecule has 3 aliphatic rings. The van der Waals surface area contributed by atoms with Crippen molar-refractivity contribution in [2.75, 3.05) is 52.5 Å². The van der Waals surface area contributed by atoms with E-state index in [4.69, 9.17) is 48.5 Å². The van der Waals surface area contributed by atoms with Gasteiger partial charge in [0, 0.05) is 45.8 Å². The molecule has 424 valence electrons. The van der Waals surface area contributed by atoms with Gasteiger partial charge in [-0.1, -0.05) is 4.98 Å². The molecule has 0 spiro atoms. The molecule has 5 aromatic rings. The maximum atomic E-state index is 13.5. The number of aryl methyl sites for hydroxylation is 1. The van der Waals surface area contributed by atoms with Crippen LogP contribution < -0.4 is 42.6 Å². The number of aromatic amines is 2. The number of aliphatic hydroxyl groups is 3. The number of aromatic nitrogens is 10. The molecular formula is C35H50N14O24P4. The van der Waals surface area contributed by atoms with Gasteiger partial charge in [0.2, 0.25) is 17.7 Å². The lowest BCUT2D eigenvalue weighted by atomic mass is 9.94. The van der Waals surface area contributed by atoms with Crippen molar-refractivity contribution in [3.05, 3.63) is 62.4 Å². The lowest BCUT2D eigenvalue weighted by molar-refractivity contribution is -0.745. The summed E-state index contributed by atoms with van der Waals surface area (Å²) in [5, 5.41) is 32.7. The number of nitrogen functional groups attached to an aromatic ring is 2. The number of hydrogen-bond donors (Lipinski definition) is 11. The summed E-state index contributed by atoms with van der Waals surface area (Å²) in [5.74, 6) is -2.16. The average molecular weight is 1170 g/mol. The second kappa shape index (κ2) is 22.2. The summed E-state index contributed by atoms with van der Waals surface area (Å²) in [6, 6.07) is 0.914. The van der Waals surface area contributed by atoms with Crippen LogP contribution in [0.1, 0.15) is 25.1 Å². The van der Waals surface area contributed by atoms with Crippen molar-refractivity contribution in [1.82, 2.24) is 53.4 Å². The molecule has 5 aromatic heterocycles. The first-order chi connectivity index (χ1) is 36.0. The maximum Gasteiger partial charge on any atom is 0.480 e. The number of nitrogens with two attached hydrogens (primary N) is 2. The van der Waals surface area contributed by atoms with Crippen LogP contribution >= 0.6 is 31.1 Å². The number of methoxy groups -OCH3 is 1. The number of nitrogens with one attached hydrogen (secondary N) is 3. The number of imidazole rings is 2. The monoisotopic (exact) mass is 1170 g/mol. The van der Waals surface area contributed by atoms with Crippen LogP contribution in [-0.2, 0) is 71.5 Å². The van der Waals surface area contributed by atoms with Gasteiger partial charge in [-0.2, -0.15) is 4.31 Å². The van der Waals surface area contributed by atoms with E-state index in [2.05, 4.69) is 29.2 Å². The van der Waals surface area contributed by atoms with E-state index in [0.717, 1.165) is 32.0 Å². The Kier molecular flexibility index (Phi) is 16.7. The van der Waals surface area contributed by atoms with Gasteiger partial charge in [0.25, 0.3) is 24.9 Å². The molecule has 3 fully saturated rings. The number of amides is 1. The predicted molar refractivity (Wildman–Crippen MR) is 248 cm³/mol. The zero-order valence-corrected chi connectivity index (χ0v) is 43.7. The van der Waals surface area contributed by atoms with Gasteiger partial charge in [-0.3, -0.25) is 51.7 Å². The topological polar surface area (TPSA) is 533 Å². The van der Waals surface area contributed by atoms with Crippen LogP contribution in [0.4, 0.5) is 11.8 Å². The Morgan fingerprint density at radius 2 is 1.57 bits per heavy atom. The molecule has 16 atom stereocenters. The van der Waals surface area contributed by atoms with Crippen molar-refractivity contribution < 1.29 is 104 Å². The molecule has 38 nitrogen and oxygen atoms in total. The first-order valence-corrected chi connectivity index (χ1v) is 28.3. The number of rotatable bonds is 21. The normalized spacial score (nSPS) is 29.8. The van der Waals surface area contributed by atoms with Crippen LogP contribution in [0.25, 0.3) is 22.3 Å². The number of carbonyl (C=O) groups is 1. The summed E-state index contributed by atoms with van der Waals surface area (Å²) in [6.07, 6.45) is -14.5. The Labute approximate surface area is 429 Å². The highest BCUT2D eigenvalue weighted by molar-refractivity contribution is 7.71. The molecule has 3 saturated heterocycles. The molecule has 0 aromatic carbocycles. The van der Waals surface area contributed by atoms with E-state index in [1.165, 1.54) is 50.9 Å². The third kappa shape index (κ3) is 12.5. The van der Waals surface area contributed by atoms with Crippen molar-refractivity contribution >= 4 is 71.1 Å². The number of hydrogen-bond acceptors (Lipinski definition) is 27. The number of carbonyl (C=O) groups excluding carboxylic acids is 1. The number of nitrogens with zero attached hydrogens (tertiary/aromatic N) is 9. The van der Waals surface area contributed by atoms with Crippen LogP contribution in [0.5, 0.6) is 0 Å². The minimum Gasteiger partial charge on any atom is -0.756 e. The second-order valence-electron chi connectivity index (χ2n) is 17.5. The molecule has 1 amide bonds. The third-order valence-electron chi connectivity index (χ3n) is 12.1. The number of phosphoric acid groups is 2. The Bertz CT molecular complexity index is 3410. The Hall–Kier alpha value is -5.11. The quantitative estimate of drug-likeness (QED) is 0.0242. The van der Waals surface area contributed by atoms with E-state index in [1.807, 2.05) is 4.98 Å². The van der Waals surface area contributed by atoms with Gasteiger partial charge in [-0.25, -0.2) is 38.0 Å². The minimum absolute atomic E-state index is 0.00292. The van der Waals surface area contributed by atoms with Crippen LogP contribution in [0.15, 0.2) is 45.6 Å². The molecule has 4 unspecified atom stereocenters. The molecule has 3 aliphatic heterocycles. The van der Waals surface area contributed by atoms with Gasteiger partial charge in [-0.05, 0) is 0 Å². The zero-order chi connectivity index (χ0) is 56.3. The fourth-order valence-electron chi connectivity index (χ4n) is 8.56. The molecule has 0 bridgehead atoms. The molecule has 13 N–H and O–H groups in total. The number of H-pyrrole nitrogens is 2. The van der Waals surface area contributed by atoms with Gasteiger partial charge >= 0.3 is 34.7 Å². The van der Waals surface area contributed by atoms with Crippen LogP contribution in [0.3, 0.4) is 0 Å². The molecular weight excluding hydrogens is 1120 g/mol. The zero-order valence-electron chi connectivity index (χ0n) is 40.1. The number of phosphoric ester groups is 2. The molecule has 77 heavy (non-hydrogen) atoms. The van der Waals surface area contributed by atoms with Gasteiger partial charge in [-0.15, -0.1) is 4.86 Å². The fourth-order valence-corrected chi connectivity index (χ4v) is 13.5. The fraction of sp³-hybridized carbons (Fsp3) is 0.571. The number of anilines is 2. The summed E-state index contributed by atoms with van der Waals surface area (Å²) in [5.41, 5.74) is 9.14. The van der Waals surface area contributed by atoms with E-state index >= 15 is 0 Å². The highest BCUT2D eigenvalue weighted by Gasteiger charge is 2.53. The van der Waals surface area contributed by atoms with E-state index in [-0.39, 0.29) is 34.1 Å². The lowest BCUT2D eigenvalue weighted by Gasteiger charge is -2.31. The third-order valence-corrected chi connectivity index (χ3v) is 17.8. The van der Waals surface area contributed by atoms with Crippen LogP contribution in [-0.4, -0.2) is 174 Å². The first-order valence-electron chi connectivity index (χ1n) is 22.2. The summed E-state index contributed by atoms with van der Waals surface area (Å²) in [6.45, 7) is -3.36. The number of fused-ring (bicyclic) bond motifs is 2. The van der Waals surface area contributed by atoms with E-state index in [9.17, 15) is 72.3 Å². The number of aliphatic hydroxyl groups excluding tert-OH is 3. The second-order valence-corrected chi connectivity index (χ2v) is 23.8. The van der Waals surface area contributed by atoms with Crippen molar-refractivity contribution in [3.63, 3.8) is 0 Å². The predicted octanol–water partition coefficient (Wildman–Crippen LogP) is -5.20. The van der Waals surface area contributed by atoms with Gasteiger partial charge < -0.3 is 79.3 Å². The van der Waals surface area contributed by atoms with Crippen molar-refractivity contribution in [3.8, 4) is 0 Å². The molecule has 0 radical (unpaired) electrons. The smallest absolute Gasteiger partial charge is 0.480 e. The van der Waals surface area contributed by atoms with E-state index in [1.54, 1.807) is 0 Å².